The lowest BCUT2D eigenvalue weighted by Gasteiger charge is -2.35. The van der Waals surface area contributed by atoms with Crippen molar-refractivity contribution in [1.29, 1.82) is 0 Å². The third-order valence-electron chi connectivity index (χ3n) is 8.90. The number of sulfonamides is 1. The van der Waals surface area contributed by atoms with Gasteiger partial charge in [-0.25, -0.2) is 22.3 Å². The van der Waals surface area contributed by atoms with Gasteiger partial charge < -0.3 is 24.8 Å². The molecule has 13 heteroatoms. The zero-order valence-electron chi connectivity index (χ0n) is 25.5. The van der Waals surface area contributed by atoms with Crippen LogP contribution in [0, 0.1) is 0 Å². The number of unbranched alkanes of at least 4 members (excludes halogenated alkanes) is 3. The van der Waals surface area contributed by atoms with E-state index in [0.717, 1.165) is 61.1 Å². The van der Waals surface area contributed by atoms with Crippen molar-refractivity contribution in [1.82, 2.24) is 9.21 Å². The number of amides is 1. The summed E-state index contributed by atoms with van der Waals surface area (Å²) < 4.78 is 38.5. The van der Waals surface area contributed by atoms with Gasteiger partial charge in [0, 0.05) is 37.2 Å². The van der Waals surface area contributed by atoms with E-state index >= 15 is 0 Å². The first-order valence-corrected chi connectivity index (χ1v) is 16.7. The van der Waals surface area contributed by atoms with Crippen molar-refractivity contribution in [3.05, 3.63) is 77.4 Å². The first-order valence-electron chi connectivity index (χ1n) is 15.2. The van der Waals surface area contributed by atoms with Gasteiger partial charge >= 0.3 is 11.9 Å². The number of nitrogens with zero attached hydrogens (tertiary/aromatic N) is 2. The molecule has 1 aliphatic carbocycles. The maximum atomic E-state index is 12.7. The third kappa shape index (κ3) is 6.53. The van der Waals surface area contributed by atoms with Gasteiger partial charge in [-0.2, -0.15) is 0 Å². The summed E-state index contributed by atoms with van der Waals surface area (Å²) in [7, 11) is -2.06. The molecule has 1 spiro atoms. The molecule has 2 aromatic carbocycles. The molecule has 0 radical (unpaired) electrons. The fraction of sp³-hybridized carbons (Fsp3) is 0.424. The van der Waals surface area contributed by atoms with E-state index in [1.165, 1.54) is 17.2 Å². The number of carbonyl (C=O) groups excluding carboxylic acids is 1. The lowest BCUT2D eigenvalue weighted by molar-refractivity contribution is -0.134. The van der Waals surface area contributed by atoms with Gasteiger partial charge in [0.25, 0.3) is 15.9 Å². The highest BCUT2D eigenvalue weighted by atomic mass is 32.2. The molecule has 3 N–H and O–H groups in total. The number of benzene rings is 2. The van der Waals surface area contributed by atoms with Gasteiger partial charge in [0.1, 0.15) is 11.0 Å². The van der Waals surface area contributed by atoms with Crippen molar-refractivity contribution in [2.24, 2.45) is 0 Å². The van der Waals surface area contributed by atoms with Crippen LogP contribution in [0.5, 0.6) is 11.5 Å². The van der Waals surface area contributed by atoms with Crippen molar-refractivity contribution in [3.63, 3.8) is 0 Å². The Bertz CT molecular complexity index is 1650. The average Bonchev–Trinajstić information content (AvgIpc) is 3.38. The molecule has 3 atom stereocenters. The summed E-state index contributed by atoms with van der Waals surface area (Å²) in [5.74, 6) is -1.36. The lowest BCUT2D eigenvalue weighted by Crippen LogP contribution is -2.43. The van der Waals surface area contributed by atoms with Crippen LogP contribution in [0.25, 0.3) is 0 Å². The fourth-order valence-electron chi connectivity index (χ4n) is 6.72. The van der Waals surface area contributed by atoms with Gasteiger partial charge in [0.05, 0.1) is 24.2 Å². The Hall–Kier alpha value is -4.20. The summed E-state index contributed by atoms with van der Waals surface area (Å²) in [4.78, 5) is 34.3. The molecule has 1 amide bonds. The lowest BCUT2D eigenvalue weighted by atomic mass is 9.69. The minimum absolute atomic E-state index is 0.0942. The number of ether oxygens (including phenoxy) is 2. The third-order valence-corrected chi connectivity index (χ3v) is 10.7. The molecule has 3 unspecified atom stereocenters. The van der Waals surface area contributed by atoms with Gasteiger partial charge in [-0.05, 0) is 56.1 Å². The number of carboxylic acid groups (broad SMARTS) is 2. The molecular weight excluding hydrogens is 616 g/mol. The number of carbonyl (C=O) groups is 3. The van der Waals surface area contributed by atoms with Crippen molar-refractivity contribution >= 4 is 27.9 Å². The van der Waals surface area contributed by atoms with E-state index in [0.29, 0.717) is 25.0 Å². The summed E-state index contributed by atoms with van der Waals surface area (Å²) in [6.07, 6.45) is 9.59. The number of rotatable bonds is 10. The maximum absolute atomic E-state index is 12.7. The molecule has 0 saturated heterocycles. The Morgan fingerprint density at radius 1 is 1.04 bits per heavy atom. The van der Waals surface area contributed by atoms with Gasteiger partial charge in [0.15, 0.2) is 11.5 Å². The molecule has 6 rings (SSSR count). The van der Waals surface area contributed by atoms with Crippen LogP contribution in [-0.4, -0.2) is 89.7 Å². The summed E-state index contributed by atoms with van der Waals surface area (Å²) in [6.45, 7) is 2.93. The van der Waals surface area contributed by atoms with E-state index in [2.05, 4.69) is 17.0 Å². The van der Waals surface area contributed by atoms with Crippen molar-refractivity contribution < 1.29 is 47.6 Å². The minimum Gasteiger partial charge on any atom is -0.493 e. The Labute approximate surface area is 267 Å². The molecule has 0 fully saturated rings. The number of carboxylic acids is 2. The summed E-state index contributed by atoms with van der Waals surface area (Å²) in [5, 5.41) is 25.9. The molecule has 4 aliphatic rings. The molecule has 46 heavy (non-hydrogen) atoms. The Morgan fingerprint density at radius 3 is 2.41 bits per heavy atom. The molecular formula is C33H38N2O10S. The van der Waals surface area contributed by atoms with E-state index in [1.54, 1.807) is 25.3 Å². The van der Waals surface area contributed by atoms with Crippen LogP contribution in [-0.2, 0) is 31.6 Å². The second-order valence-electron chi connectivity index (χ2n) is 11.8. The fourth-order valence-corrected chi connectivity index (χ4v) is 8.33. The van der Waals surface area contributed by atoms with Crippen molar-refractivity contribution in [2.75, 3.05) is 26.7 Å². The first kappa shape index (κ1) is 33.2. The molecule has 3 aliphatic heterocycles. The van der Waals surface area contributed by atoms with Crippen LogP contribution in [0.1, 0.15) is 60.0 Å². The van der Waals surface area contributed by atoms with Crippen LogP contribution >= 0.6 is 0 Å². The Balaban J connectivity index is 0.000000463. The van der Waals surface area contributed by atoms with Crippen LogP contribution in [0.3, 0.4) is 0 Å². The minimum atomic E-state index is -3.72. The molecule has 12 nitrogen and oxygen atoms in total. The van der Waals surface area contributed by atoms with Crippen LogP contribution in [0.15, 0.2) is 65.6 Å². The Kier molecular flexibility index (Phi) is 9.85. The number of aliphatic carboxylic acids is 2. The summed E-state index contributed by atoms with van der Waals surface area (Å²) in [6, 6.07) is 10.6. The highest BCUT2D eigenvalue weighted by Crippen LogP contribution is 2.55. The average molecular weight is 655 g/mol. The monoisotopic (exact) mass is 654 g/mol. The zero-order valence-corrected chi connectivity index (χ0v) is 26.3. The van der Waals surface area contributed by atoms with E-state index in [9.17, 15) is 27.9 Å². The number of aliphatic hydroxyl groups is 1. The van der Waals surface area contributed by atoms with Gasteiger partial charge in [0.2, 0.25) is 0 Å². The number of aliphatic hydroxyl groups excluding tert-OH is 1. The molecule has 0 bridgehead atoms. The SMILES string of the molecule is COc1ccc2c3c1OC1CC(O)C=CC31CCN(CCCCCCN1C(=O)c3ccccc3S1(=O)=O)C2.O=C(O)/C=C/C(=O)O. The van der Waals surface area contributed by atoms with Crippen molar-refractivity contribution in [3.8, 4) is 11.5 Å². The second kappa shape index (κ2) is 13.7. The van der Waals surface area contributed by atoms with Gasteiger partial charge in [-0.15, -0.1) is 0 Å². The van der Waals surface area contributed by atoms with E-state index in [1.807, 2.05) is 12.1 Å². The molecule has 0 saturated carbocycles. The van der Waals surface area contributed by atoms with E-state index in [4.69, 9.17) is 19.7 Å². The smallest absolute Gasteiger partial charge is 0.328 e. The maximum Gasteiger partial charge on any atom is 0.328 e. The first-order chi connectivity index (χ1) is 22.0. The standard InChI is InChI=1S/C29H34N2O6S.C4H4O4/c1-36-23-11-10-20-19-30(17-14-29-13-12-21(32)18-25(29)37-27(23)26(20)29)15-6-2-3-7-16-31-28(33)22-8-4-5-9-24(22)38(31,34)35;5-3(6)1-2-4(7)8/h4-5,8-13,21,25,32H,2-3,6-7,14-19H2,1H3;1-2H,(H,5,6)(H,7,8)/b;2-1+. The molecule has 0 aromatic heterocycles. The number of fused-ring (bicyclic) bond motifs is 1. The summed E-state index contributed by atoms with van der Waals surface area (Å²) in [5.41, 5.74) is 2.50. The predicted molar refractivity (Wildman–Crippen MR) is 166 cm³/mol. The Morgan fingerprint density at radius 2 is 1.74 bits per heavy atom. The van der Waals surface area contributed by atoms with Gasteiger partial charge in [-0.3, -0.25) is 9.69 Å². The van der Waals surface area contributed by atoms with E-state index < -0.39 is 34.0 Å². The highest BCUT2D eigenvalue weighted by molar-refractivity contribution is 7.90. The quantitative estimate of drug-likeness (QED) is 0.195. The van der Waals surface area contributed by atoms with Crippen LogP contribution in [0.2, 0.25) is 0 Å². The topological polar surface area (TPSA) is 171 Å². The normalized spacial score (nSPS) is 23.9. The molecule has 246 valence electrons. The number of hydrogen-bond acceptors (Lipinski definition) is 9. The molecule has 3 heterocycles. The van der Waals surface area contributed by atoms with E-state index in [-0.39, 0.29) is 28.5 Å². The number of methoxy groups -OCH3 is 1. The largest absolute Gasteiger partial charge is 0.493 e. The molecule has 2 aromatic rings. The summed E-state index contributed by atoms with van der Waals surface area (Å²) >= 11 is 0. The van der Waals surface area contributed by atoms with Crippen LogP contribution < -0.4 is 9.47 Å². The highest BCUT2D eigenvalue weighted by Gasteiger charge is 2.52. The van der Waals surface area contributed by atoms with Crippen LogP contribution in [0.4, 0.5) is 0 Å². The predicted octanol–water partition coefficient (Wildman–Crippen LogP) is 3.34. The number of hydrogen-bond donors (Lipinski definition) is 3. The second-order valence-corrected chi connectivity index (χ2v) is 13.6. The zero-order chi connectivity index (χ0) is 33.1. The van der Waals surface area contributed by atoms with Gasteiger partial charge in [-0.1, -0.05) is 43.2 Å². The van der Waals surface area contributed by atoms with Crippen molar-refractivity contribution in [2.45, 2.75) is 67.6 Å².